The standard InChI is InChI=1S/C17H16FN3O5/c1-10(16(22)20-13-6-4-3-5-12(13)18)26-17(23)11-7-8-14(19-2)15(9-11)21(24)25/h3-10,19H,1-2H3,(H,20,22)/t10-/m1/s1. The molecule has 0 aromatic heterocycles. The Morgan fingerprint density at radius 1 is 1.19 bits per heavy atom. The van der Waals surface area contributed by atoms with Crippen molar-refractivity contribution in [3.63, 3.8) is 0 Å². The molecule has 0 heterocycles. The van der Waals surface area contributed by atoms with Gasteiger partial charge in [-0.15, -0.1) is 0 Å². The zero-order valence-electron chi connectivity index (χ0n) is 14.0. The van der Waals surface area contributed by atoms with Gasteiger partial charge in [0.05, 0.1) is 16.2 Å². The molecule has 26 heavy (non-hydrogen) atoms. The van der Waals surface area contributed by atoms with Crippen LogP contribution in [0.4, 0.5) is 21.5 Å². The normalized spacial score (nSPS) is 11.3. The highest BCUT2D eigenvalue weighted by molar-refractivity contribution is 5.97. The number of hydrogen-bond donors (Lipinski definition) is 2. The maximum Gasteiger partial charge on any atom is 0.339 e. The fourth-order valence-electron chi connectivity index (χ4n) is 2.10. The second kappa shape index (κ2) is 8.06. The van der Waals surface area contributed by atoms with E-state index >= 15 is 0 Å². The Morgan fingerprint density at radius 3 is 2.50 bits per heavy atom. The van der Waals surface area contributed by atoms with E-state index in [1.54, 1.807) is 0 Å². The number of nitro groups is 1. The van der Waals surface area contributed by atoms with Crippen LogP contribution in [0.3, 0.4) is 0 Å². The molecule has 0 bridgehead atoms. The minimum absolute atomic E-state index is 0.0468. The Balaban J connectivity index is 2.09. The van der Waals surface area contributed by atoms with Crippen LogP contribution in [-0.4, -0.2) is 30.0 Å². The number of hydrogen-bond acceptors (Lipinski definition) is 6. The van der Waals surface area contributed by atoms with Crippen molar-refractivity contribution in [1.29, 1.82) is 0 Å². The highest BCUT2D eigenvalue weighted by Gasteiger charge is 2.22. The SMILES string of the molecule is CNc1ccc(C(=O)O[C@H](C)C(=O)Nc2ccccc2F)cc1[N+](=O)[O-]. The minimum atomic E-state index is -1.23. The van der Waals surface area contributed by atoms with Crippen molar-refractivity contribution >= 4 is 28.9 Å². The number of rotatable bonds is 6. The lowest BCUT2D eigenvalue weighted by Gasteiger charge is -2.14. The Kier molecular flexibility index (Phi) is 5.84. The first-order valence-corrected chi connectivity index (χ1v) is 7.56. The van der Waals surface area contributed by atoms with Crippen LogP contribution in [0.25, 0.3) is 0 Å². The molecule has 2 aromatic carbocycles. The fraction of sp³-hybridized carbons (Fsp3) is 0.176. The van der Waals surface area contributed by atoms with E-state index < -0.39 is 28.7 Å². The van der Waals surface area contributed by atoms with Crippen molar-refractivity contribution < 1.29 is 23.6 Å². The zero-order valence-corrected chi connectivity index (χ0v) is 14.0. The average molecular weight is 361 g/mol. The summed E-state index contributed by atoms with van der Waals surface area (Å²) in [5, 5.41) is 16.0. The molecule has 2 rings (SSSR count). The molecule has 0 aliphatic heterocycles. The average Bonchev–Trinajstić information content (AvgIpc) is 2.62. The van der Waals surface area contributed by atoms with E-state index in [9.17, 15) is 24.1 Å². The van der Waals surface area contributed by atoms with Crippen molar-refractivity contribution in [3.8, 4) is 0 Å². The van der Waals surface area contributed by atoms with Gasteiger partial charge in [0.25, 0.3) is 11.6 Å². The number of nitro benzene ring substituents is 1. The second-order valence-electron chi connectivity index (χ2n) is 5.26. The summed E-state index contributed by atoms with van der Waals surface area (Å²) in [5.41, 5.74) is -0.196. The van der Waals surface area contributed by atoms with E-state index in [0.717, 1.165) is 6.07 Å². The quantitative estimate of drug-likeness (QED) is 0.465. The van der Waals surface area contributed by atoms with Gasteiger partial charge in [-0.2, -0.15) is 0 Å². The number of amides is 1. The largest absolute Gasteiger partial charge is 0.449 e. The van der Waals surface area contributed by atoms with Gasteiger partial charge in [-0.05, 0) is 31.2 Å². The van der Waals surface area contributed by atoms with Crippen LogP contribution >= 0.6 is 0 Å². The van der Waals surface area contributed by atoms with E-state index in [0.29, 0.717) is 0 Å². The first kappa shape index (κ1) is 18.8. The molecule has 1 amide bonds. The lowest BCUT2D eigenvalue weighted by molar-refractivity contribution is -0.384. The molecule has 2 aromatic rings. The predicted molar refractivity (Wildman–Crippen MR) is 92.6 cm³/mol. The second-order valence-corrected chi connectivity index (χ2v) is 5.26. The minimum Gasteiger partial charge on any atom is -0.449 e. The summed E-state index contributed by atoms with van der Waals surface area (Å²) in [5.74, 6) is -2.27. The number of nitrogens with zero attached hydrogens (tertiary/aromatic N) is 1. The van der Waals surface area contributed by atoms with Gasteiger partial charge in [0.15, 0.2) is 6.10 Å². The third kappa shape index (κ3) is 4.32. The molecule has 0 fully saturated rings. The Morgan fingerprint density at radius 2 is 1.88 bits per heavy atom. The van der Waals surface area contributed by atoms with Crippen LogP contribution in [0.5, 0.6) is 0 Å². The third-order valence-corrected chi connectivity index (χ3v) is 3.48. The Bertz CT molecular complexity index is 856. The van der Waals surface area contributed by atoms with Gasteiger partial charge >= 0.3 is 5.97 Å². The molecule has 8 nitrogen and oxygen atoms in total. The molecule has 2 N–H and O–H groups in total. The smallest absolute Gasteiger partial charge is 0.339 e. The van der Waals surface area contributed by atoms with Crippen molar-refractivity contribution in [1.82, 2.24) is 0 Å². The number of nitrogens with one attached hydrogen (secondary N) is 2. The number of carbonyl (C=O) groups is 2. The topological polar surface area (TPSA) is 111 Å². The fourth-order valence-corrected chi connectivity index (χ4v) is 2.10. The number of anilines is 2. The molecule has 0 aliphatic carbocycles. The van der Waals surface area contributed by atoms with Gasteiger partial charge in [0, 0.05) is 13.1 Å². The molecule has 0 radical (unpaired) electrons. The first-order chi connectivity index (χ1) is 12.3. The summed E-state index contributed by atoms with van der Waals surface area (Å²) in [6, 6.07) is 9.29. The number of halogens is 1. The van der Waals surface area contributed by atoms with Crippen LogP contribution in [0.2, 0.25) is 0 Å². The molecule has 0 aliphatic rings. The Labute approximate surface area is 148 Å². The van der Waals surface area contributed by atoms with Gasteiger partial charge in [-0.25, -0.2) is 9.18 Å². The molecule has 1 atom stereocenters. The Hall–Kier alpha value is -3.49. The summed E-state index contributed by atoms with van der Waals surface area (Å²) in [7, 11) is 1.51. The van der Waals surface area contributed by atoms with Gasteiger partial charge in [0.2, 0.25) is 0 Å². The van der Waals surface area contributed by atoms with Crippen LogP contribution in [0, 0.1) is 15.9 Å². The maximum absolute atomic E-state index is 13.5. The first-order valence-electron chi connectivity index (χ1n) is 7.56. The van der Waals surface area contributed by atoms with Crippen LogP contribution in [0.1, 0.15) is 17.3 Å². The summed E-state index contributed by atoms with van der Waals surface area (Å²) < 4.78 is 18.5. The summed E-state index contributed by atoms with van der Waals surface area (Å²) in [6.45, 7) is 1.31. The number of esters is 1. The van der Waals surface area contributed by atoms with Gasteiger partial charge < -0.3 is 15.4 Å². The molecule has 0 spiro atoms. The maximum atomic E-state index is 13.5. The highest BCUT2D eigenvalue weighted by atomic mass is 19.1. The molecule has 0 saturated carbocycles. The van der Waals surface area contributed by atoms with Crippen LogP contribution in [-0.2, 0) is 9.53 Å². The summed E-state index contributed by atoms with van der Waals surface area (Å²) >= 11 is 0. The van der Waals surface area contributed by atoms with Gasteiger partial charge in [-0.1, -0.05) is 12.1 Å². The van der Waals surface area contributed by atoms with Crippen LogP contribution < -0.4 is 10.6 Å². The molecule has 0 unspecified atom stereocenters. The number of carbonyl (C=O) groups excluding carboxylic acids is 2. The predicted octanol–water partition coefficient (Wildman–Crippen LogP) is 2.96. The van der Waals surface area contributed by atoms with Crippen molar-refractivity contribution in [2.24, 2.45) is 0 Å². The highest BCUT2D eigenvalue weighted by Crippen LogP contribution is 2.25. The van der Waals surface area contributed by atoms with Gasteiger partial charge in [-0.3, -0.25) is 14.9 Å². The molecule has 9 heteroatoms. The van der Waals surface area contributed by atoms with E-state index in [1.165, 1.54) is 50.4 Å². The number of benzene rings is 2. The number of para-hydroxylation sites is 1. The lowest BCUT2D eigenvalue weighted by Crippen LogP contribution is -2.30. The molecule has 136 valence electrons. The van der Waals surface area contributed by atoms with E-state index in [2.05, 4.69) is 10.6 Å². The van der Waals surface area contributed by atoms with Gasteiger partial charge in [0.1, 0.15) is 11.5 Å². The third-order valence-electron chi connectivity index (χ3n) is 3.48. The molecular formula is C17H16FN3O5. The number of ether oxygens (including phenoxy) is 1. The van der Waals surface area contributed by atoms with E-state index in [4.69, 9.17) is 4.74 Å². The van der Waals surface area contributed by atoms with Crippen molar-refractivity contribution in [3.05, 3.63) is 64.0 Å². The van der Waals surface area contributed by atoms with Crippen LogP contribution in [0.15, 0.2) is 42.5 Å². The monoisotopic (exact) mass is 361 g/mol. The molecular weight excluding hydrogens is 345 g/mol. The summed E-state index contributed by atoms with van der Waals surface area (Å²) in [6.07, 6.45) is -1.23. The van der Waals surface area contributed by atoms with Crippen molar-refractivity contribution in [2.45, 2.75) is 13.0 Å². The van der Waals surface area contributed by atoms with E-state index in [-0.39, 0.29) is 22.6 Å². The van der Waals surface area contributed by atoms with Crippen molar-refractivity contribution in [2.75, 3.05) is 17.7 Å². The zero-order chi connectivity index (χ0) is 19.3. The lowest BCUT2D eigenvalue weighted by atomic mass is 10.1. The molecule has 0 saturated heterocycles. The van der Waals surface area contributed by atoms with E-state index in [1.807, 2.05) is 0 Å². The summed E-state index contributed by atoms with van der Waals surface area (Å²) in [4.78, 5) is 34.6.